The maximum Gasteiger partial charge on any atom is 0.227 e. The minimum Gasteiger partial charge on any atom is -0.326 e. The van der Waals surface area contributed by atoms with E-state index in [1.54, 1.807) is 11.3 Å². The summed E-state index contributed by atoms with van der Waals surface area (Å²) in [5.74, 6) is 0.640. The van der Waals surface area contributed by atoms with Crippen molar-refractivity contribution >= 4 is 33.0 Å². The van der Waals surface area contributed by atoms with Crippen molar-refractivity contribution in [1.29, 1.82) is 0 Å². The van der Waals surface area contributed by atoms with Crippen molar-refractivity contribution in [2.24, 2.45) is 11.3 Å². The predicted octanol–water partition coefficient (Wildman–Crippen LogP) is 3.86. The second-order valence-corrected chi connectivity index (χ2v) is 8.65. The summed E-state index contributed by atoms with van der Waals surface area (Å²) < 4.78 is 14.2. The van der Waals surface area contributed by atoms with Gasteiger partial charge in [-0.3, -0.25) is 4.79 Å². The second-order valence-electron chi connectivity index (χ2n) is 7.60. The quantitative estimate of drug-likeness (QED) is 0.732. The molecular formula is C18H18FN5OS. The van der Waals surface area contributed by atoms with Crippen LogP contribution >= 0.6 is 11.3 Å². The molecule has 26 heavy (non-hydrogen) atoms. The number of carbonyl (C=O) groups is 1. The van der Waals surface area contributed by atoms with Gasteiger partial charge in [0.2, 0.25) is 11.7 Å². The zero-order valence-corrected chi connectivity index (χ0v) is 15.1. The van der Waals surface area contributed by atoms with E-state index < -0.39 is 6.17 Å². The number of benzene rings is 1. The van der Waals surface area contributed by atoms with Crippen molar-refractivity contribution in [3.8, 4) is 10.7 Å². The molecular weight excluding hydrogens is 353 g/mol. The molecule has 2 aromatic heterocycles. The average molecular weight is 371 g/mol. The molecule has 0 saturated heterocycles. The number of hydrogen-bond donors (Lipinski definition) is 2. The molecule has 1 aromatic carbocycles. The number of alkyl halides is 1. The summed E-state index contributed by atoms with van der Waals surface area (Å²) in [4.78, 5) is 13.5. The Morgan fingerprint density at radius 2 is 2.15 bits per heavy atom. The van der Waals surface area contributed by atoms with Gasteiger partial charge in [-0.05, 0) is 72.4 Å². The lowest BCUT2D eigenvalue weighted by Gasteiger charge is -2.54. The van der Waals surface area contributed by atoms with Crippen LogP contribution in [-0.4, -0.2) is 32.7 Å². The van der Waals surface area contributed by atoms with Gasteiger partial charge in [0.25, 0.3) is 0 Å². The van der Waals surface area contributed by atoms with Crippen molar-refractivity contribution in [3.05, 3.63) is 23.8 Å². The van der Waals surface area contributed by atoms with Gasteiger partial charge in [0.1, 0.15) is 6.17 Å². The van der Waals surface area contributed by atoms with E-state index in [9.17, 15) is 9.18 Å². The van der Waals surface area contributed by atoms with Gasteiger partial charge in [-0.1, -0.05) is 0 Å². The number of carbonyl (C=O) groups excluding carboxylic acids is 1. The first-order chi connectivity index (χ1) is 12.5. The number of H-pyrrole nitrogens is 1. The normalized spacial score (nSPS) is 27.3. The number of amides is 1. The van der Waals surface area contributed by atoms with Gasteiger partial charge >= 0.3 is 0 Å². The van der Waals surface area contributed by atoms with Gasteiger partial charge in [0.05, 0.1) is 4.88 Å². The van der Waals surface area contributed by atoms with Gasteiger partial charge in [-0.25, -0.2) is 4.39 Å². The lowest BCUT2D eigenvalue weighted by Crippen LogP contribution is -2.51. The van der Waals surface area contributed by atoms with Crippen LogP contribution in [0.1, 0.15) is 31.2 Å². The molecule has 2 heterocycles. The minimum atomic E-state index is -0.656. The molecule has 0 radical (unpaired) electrons. The Morgan fingerprint density at radius 1 is 1.35 bits per heavy atom. The number of nitrogens with one attached hydrogen (secondary N) is 2. The van der Waals surface area contributed by atoms with Crippen LogP contribution in [0, 0.1) is 18.3 Å². The van der Waals surface area contributed by atoms with Crippen LogP contribution in [0.4, 0.5) is 10.1 Å². The number of fused-ring (bicyclic) bond motifs is 1. The van der Waals surface area contributed by atoms with Gasteiger partial charge in [0, 0.05) is 16.3 Å². The van der Waals surface area contributed by atoms with Gasteiger partial charge in [0.15, 0.2) is 0 Å². The van der Waals surface area contributed by atoms with E-state index in [1.807, 2.05) is 25.1 Å². The molecule has 0 aliphatic heterocycles. The number of halogens is 1. The largest absolute Gasteiger partial charge is 0.326 e. The summed E-state index contributed by atoms with van der Waals surface area (Å²) in [5.41, 5.74) is 1.99. The highest BCUT2D eigenvalue weighted by Gasteiger charge is 2.55. The van der Waals surface area contributed by atoms with Crippen LogP contribution in [0.2, 0.25) is 0 Å². The number of thiophene rings is 1. The summed E-state index contributed by atoms with van der Waals surface area (Å²) in [7, 11) is 0. The fourth-order valence-electron chi connectivity index (χ4n) is 4.40. The van der Waals surface area contributed by atoms with Crippen LogP contribution in [0.3, 0.4) is 0 Å². The molecule has 1 spiro atoms. The molecule has 0 unspecified atom stereocenters. The minimum absolute atomic E-state index is 0.0108. The number of rotatable bonds is 3. The number of nitrogens with zero attached hydrogens (tertiary/aromatic N) is 3. The summed E-state index contributed by atoms with van der Waals surface area (Å²) >= 11 is 1.61. The SMILES string of the molecule is Cc1c(-c2nn[nH]n2)sc2ccc(NC(=O)C3CC4(CC(F)C4)C3)cc12. The predicted molar refractivity (Wildman–Crippen MR) is 97.7 cm³/mol. The van der Waals surface area contributed by atoms with Crippen LogP contribution in [0.5, 0.6) is 0 Å². The van der Waals surface area contributed by atoms with E-state index in [2.05, 4.69) is 25.9 Å². The van der Waals surface area contributed by atoms with Crippen LogP contribution in [0.25, 0.3) is 20.8 Å². The lowest BCUT2D eigenvalue weighted by atomic mass is 9.51. The second kappa shape index (κ2) is 5.57. The Labute approximate surface area is 153 Å². The molecule has 0 bridgehead atoms. The highest BCUT2D eigenvalue weighted by molar-refractivity contribution is 7.22. The smallest absolute Gasteiger partial charge is 0.227 e. The third-order valence-corrected chi connectivity index (χ3v) is 7.06. The van der Waals surface area contributed by atoms with Crippen molar-refractivity contribution in [2.45, 2.75) is 38.8 Å². The van der Waals surface area contributed by atoms with Crippen molar-refractivity contribution in [1.82, 2.24) is 20.6 Å². The van der Waals surface area contributed by atoms with E-state index in [-0.39, 0.29) is 17.2 Å². The molecule has 8 heteroatoms. The fraction of sp³-hybridized carbons (Fsp3) is 0.444. The average Bonchev–Trinajstić information content (AvgIpc) is 3.18. The zero-order valence-electron chi connectivity index (χ0n) is 14.3. The lowest BCUT2D eigenvalue weighted by molar-refractivity contribution is -0.136. The number of hydrogen-bond acceptors (Lipinski definition) is 5. The van der Waals surface area contributed by atoms with Crippen molar-refractivity contribution in [2.75, 3.05) is 5.32 Å². The van der Waals surface area contributed by atoms with Gasteiger partial charge in [-0.2, -0.15) is 5.21 Å². The van der Waals surface area contributed by atoms with Crippen molar-refractivity contribution < 1.29 is 9.18 Å². The first-order valence-corrected chi connectivity index (χ1v) is 9.57. The van der Waals surface area contributed by atoms with E-state index >= 15 is 0 Å². The number of aromatic nitrogens is 4. The van der Waals surface area contributed by atoms with Crippen LogP contribution in [0.15, 0.2) is 18.2 Å². The Hall–Kier alpha value is -2.35. The molecule has 134 valence electrons. The molecule has 2 N–H and O–H groups in total. The number of anilines is 1. The molecule has 6 nitrogen and oxygen atoms in total. The Morgan fingerprint density at radius 3 is 2.85 bits per heavy atom. The molecule has 3 aromatic rings. The molecule has 1 amide bonds. The zero-order chi connectivity index (χ0) is 17.9. The molecule has 2 aliphatic rings. The number of aromatic amines is 1. The first-order valence-electron chi connectivity index (χ1n) is 8.75. The topological polar surface area (TPSA) is 83.6 Å². The van der Waals surface area contributed by atoms with E-state index in [0.717, 1.165) is 39.1 Å². The first kappa shape index (κ1) is 15.9. The van der Waals surface area contributed by atoms with E-state index in [0.29, 0.717) is 18.7 Å². The monoisotopic (exact) mass is 371 g/mol. The molecule has 2 aliphatic carbocycles. The summed E-state index contributed by atoms with van der Waals surface area (Å²) in [6.07, 6.45) is 2.25. The Balaban J connectivity index is 1.34. The summed E-state index contributed by atoms with van der Waals surface area (Å²) in [6, 6.07) is 5.93. The highest BCUT2D eigenvalue weighted by atomic mass is 32.1. The summed E-state index contributed by atoms with van der Waals surface area (Å²) in [5, 5.41) is 18.3. The van der Waals surface area contributed by atoms with Gasteiger partial charge in [-0.15, -0.1) is 21.5 Å². The highest BCUT2D eigenvalue weighted by Crippen LogP contribution is 2.59. The third kappa shape index (κ3) is 2.43. The summed E-state index contributed by atoms with van der Waals surface area (Å²) in [6.45, 7) is 2.02. The maximum absolute atomic E-state index is 13.1. The van der Waals surface area contributed by atoms with Crippen LogP contribution in [-0.2, 0) is 4.79 Å². The fourth-order valence-corrected chi connectivity index (χ4v) is 5.52. The van der Waals surface area contributed by atoms with Gasteiger partial charge < -0.3 is 5.32 Å². The molecule has 2 saturated carbocycles. The van der Waals surface area contributed by atoms with Crippen LogP contribution < -0.4 is 5.32 Å². The van der Waals surface area contributed by atoms with E-state index in [4.69, 9.17) is 0 Å². The van der Waals surface area contributed by atoms with Crippen molar-refractivity contribution in [3.63, 3.8) is 0 Å². The molecule has 5 rings (SSSR count). The maximum atomic E-state index is 13.1. The number of aryl methyl sites for hydroxylation is 1. The Bertz CT molecular complexity index is 985. The van der Waals surface area contributed by atoms with E-state index in [1.165, 1.54) is 0 Å². The molecule has 2 fully saturated rings. The third-order valence-electron chi connectivity index (χ3n) is 5.79. The standard InChI is InChI=1S/C18H18FN5OS/c1-9-13-4-12(2-3-14(13)26-15(9)16-21-23-24-22-16)20-17(25)10-5-18(6-10)7-11(19)8-18/h2-4,10-11H,5-8H2,1H3,(H,20,25)(H,21,22,23,24). The Kier molecular flexibility index (Phi) is 3.40. The molecule has 0 atom stereocenters. The number of tetrazole rings is 1.